The van der Waals surface area contributed by atoms with E-state index in [1.165, 1.54) is 0 Å². The molecular formula is C21H24N4O4. The van der Waals surface area contributed by atoms with Crippen molar-refractivity contribution in [1.29, 1.82) is 0 Å². The highest BCUT2D eigenvalue weighted by molar-refractivity contribution is 5.95. The van der Waals surface area contributed by atoms with E-state index in [2.05, 4.69) is 9.88 Å². The van der Waals surface area contributed by atoms with E-state index in [1.54, 1.807) is 18.2 Å². The van der Waals surface area contributed by atoms with E-state index in [0.717, 1.165) is 37.1 Å². The van der Waals surface area contributed by atoms with Crippen molar-refractivity contribution in [3.8, 4) is 11.5 Å². The third-order valence-electron chi connectivity index (χ3n) is 5.99. The minimum atomic E-state index is -0.0456. The minimum Gasteiger partial charge on any atom is -0.454 e. The molecule has 1 N–H and O–H groups in total. The van der Waals surface area contributed by atoms with E-state index in [1.807, 2.05) is 11.9 Å². The van der Waals surface area contributed by atoms with E-state index in [9.17, 15) is 9.59 Å². The van der Waals surface area contributed by atoms with Gasteiger partial charge in [0.15, 0.2) is 11.5 Å². The fourth-order valence-electron chi connectivity index (χ4n) is 4.37. The summed E-state index contributed by atoms with van der Waals surface area (Å²) in [5, 5.41) is 0. The smallest absolute Gasteiger partial charge is 0.255 e. The molecule has 1 fully saturated rings. The fraction of sp³-hybridized carbons (Fsp3) is 0.476. The molecule has 0 bridgehead atoms. The van der Waals surface area contributed by atoms with Crippen LogP contribution >= 0.6 is 0 Å². The second kappa shape index (κ2) is 7.18. The van der Waals surface area contributed by atoms with Crippen LogP contribution in [0.3, 0.4) is 0 Å². The van der Waals surface area contributed by atoms with Gasteiger partial charge in [0.05, 0.1) is 11.3 Å². The van der Waals surface area contributed by atoms with Crippen molar-refractivity contribution >= 4 is 5.91 Å². The third kappa shape index (κ3) is 3.37. The molecule has 0 radical (unpaired) electrons. The van der Waals surface area contributed by atoms with Crippen molar-refractivity contribution in [2.45, 2.75) is 31.7 Å². The van der Waals surface area contributed by atoms with Gasteiger partial charge in [0, 0.05) is 44.1 Å². The Morgan fingerprint density at radius 1 is 1.24 bits per heavy atom. The highest BCUT2D eigenvalue weighted by Crippen LogP contribution is 2.33. The quantitative estimate of drug-likeness (QED) is 0.828. The number of fused-ring (bicyclic) bond motifs is 2. The highest BCUT2D eigenvalue weighted by atomic mass is 16.7. The second-order valence-corrected chi connectivity index (χ2v) is 8.02. The van der Waals surface area contributed by atoms with Crippen LogP contribution in [0.25, 0.3) is 0 Å². The Kier molecular flexibility index (Phi) is 4.50. The van der Waals surface area contributed by atoms with Crippen molar-refractivity contribution in [1.82, 2.24) is 19.8 Å². The van der Waals surface area contributed by atoms with E-state index < -0.39 is 0 Å². The Morgan fingerprint density at radius 2 is 2.10 bits per heavy atom. The minimum absolute atomic E-state index is 0.0325. The fourth-order valence-corrected chi connectivity index (χ4v) is 4.37. The average molecular weight is 396 g/mol. The lowest BCUT2D eigenvalue weighted by molar-refractivity contribution is 0.0704. The van der Waals surface area contributed by atoms with Crippen LogP contribution in [0.2, 0.25) is 0 Å². The summed E-state index contributed by atoms with van der Waals surface area (Å²) in [7, 11) is 2.01. The lowest BCUT2D eigenvalue weighted by atomic mass is 9.95. The van der Waals surface area contributed by atoms with Crippen molar-refractivity contribution in [2.24, 2.45) is 0 Å². The number of carbonyl (C=O) groups excluding carboxylic acids is 1. The first-order chi connectivity index (χ1) is 14.1. The topological polar surface area (TPSA) is 87.8 Å². The molecule has 0 spiro atoms. The molecule has 0 saturated carbocycles. The number of hydrogen-bond acceptors (Lipinski definition) is 6. The number of hydrogen-bond donors (Lipinski definition) is 1. The van der Waals surface area contributed by atoms with Crippen LogP contribution in [-0.2, 0) is 13.0 Å². The summed E-state index contributed by atoms with van der Waals surface area (Å²) < 4.78 is 10.7. The van der Waals surface area contributed by atoms with Gasteiger partial charge in [0.1, 0.15) is 5.82 Å². The number of nitrogens with zero attached hydrogens (tertiary/aromatic N) is 3. The van der Waals surface area contributed by atoms with E-state index in [-0.39, 0.29) is 24.2 Å². The number of amides is 1. The molecular weight excluding hydrogens is 372 g/mol. The number of benzene rings is 1. The average Bonchev–Trinajstić information content (AvgIpc) is 3.21. The zero-order valence-corrected chi connectivity index (χ0v) is 16.4. The summed E-state index contributed by atoms with van der Waals surface area (Å²) in [5.41, 5.74) is 2.22. The number of likely N-dealkylation sites (tertiary alicyclic amines) is 1. The van der Waals surface area contributed by atoms with Gasteiger partial charge in [0.2, 0.25) is 6.79 Å². The monoisotopic (exact) mass is 396 g/mol. The van der Waals surface area contributed by atoms with Gasteiger partial charge in [-0.1, -0.05) is 0 Å². The summed E-state index contributed by atoms with van der Waals surface area (Å²) in [4.78, 5) is 37.4. The van der Waals surface area contributed by atoms with Crippen LogP contribution in [0.15, 0.2) is 23.0 Å². The lowest BCUT2D eigenvalue weighted by Crippen LogP contribution is -2.40. The first-order valence-corrected chi connectivity index (χ1v) is 10.1. The zero-order chi connectivity index (χ0) is 20.0. The van der Waals surface area contributed by atoms with Gasteiger partial charge in [-0.15, -0.1) is 0 Å². The molecule has 1 atom stereocenters. The van der Waals surface area contributed by atoms with Crippen LogP contribution in [0.1, 0.15) is 46.2 Å². The van der Waals surface area contributed by atoms with E-state index in [0.29, 0.717) is 42.5 Å². The molecule has 3 aliphatic heterocycles. The van der Waals surface area contributed by atoms with E-state index in [4.69, 9.17) is 14.5 Å². The first-order valence-electron chi connectivity index (χ1n) is 10.1. The summed E-state index contributed by atoms with van der Waals surface area (Å²) in [6, 6.07) is 5.29. The van der Waals surface area contributed by atoms with Crippen molar-refractivity contribution in [3.05, 3.63) is 51.2 Å². The SMILES string of the molecule is CN1CCc2nc(C3CCCN(C(=O)c4ccc5c(c4)OCO5)C3)[nH]c(=O)c2C1. The summed E-state index contributed by atoms with van der Waals surface area (Å²) in [5.74, 6) is 1.99. The Hall–Kier alpha value is -2.87. The van der Waals surface area contributed by atoms with Gasteiger partial charge in [-0.25, -0.2) is 4.98 Å². The number of rotatable bonds is 2. The zero-order valence-electron chi connectivity index (χ0n) is 16.4. The molecule has 1 aromatic carbocycles. The molecule has 152 valence electrons. The molecule has 5 rings (SSSR count). The maximum atomic E-state index is 13.0. The Labute approximate surface area is 168 Å². The normalized spacial score (nSPS) is 21.1. The van der Waals surface area contributed by atoms with Gasteiger partial charge in [0.25, 0.3) is 11.5 Å². The van der Waals surface area contributed by atoms with Crippen LogP contribution in [0.5, 0.6) is 11.5 Å². The van der Waals surface area contributed by atoms with Crippen LogP contribution in [0, 0.1) is 0 Å². The molecule has 0 aliphatic carbocycles. The largest absolute Gasteiger partial charge is 0.454 e. The molecule has 8 heteroatoms. The number of nitrogens with one attached hydrogen (secondary N) is 1. The molecule has 1 amide bonds. The van der Waals surface area contributed by atoms with Gasteiger partial charge < -0.3 is 24.3 Å². The Balaban J connectivity index is 1.36. The van der Waals surface area contributed by atoms with Crippen molar-refractivity contribution in [3.63, 3.8) is 0 Å². The number of aromatic nitrogens is 2. The number of H-pyrrole nitrogens is 1. The maximum absolute atomic E-state index is 13.0. The molecule has 29 heavy (non-hydrogen) atoms. The van der Waals surface area contributed by atoms with Gasteiger partial charge >= 0.3 is 0 Å². The van der Waals surface area contributed by atoms with Gasteiger partial charge in [-0.2, -0.15) is 0 Å². The predicted molar refractivity (Wildman–Crippen MR) is 105 cm³/mol. The molecule has 2 aromatic rings. The summed E-state index contributed by atoms with van der Waals surface area (Å²) >= 11 is 0. The van der Waals surface area contributed by atoms with Gasteiger partial charge in [-0.05, 0) is 38.1 Å². The van der Waals surface area contributed by atoms with Crippen LogP contribution < -0.4 is 15.0 Å². The number of ether oxygens (including phenoxy) is 2. The maximum Gasteiger partial charge on any atom is 0.255 e. The molecule has 4 heterocycles. The van der Waals surface area contributed by atoms with Crippen molar-refractivity contribution in [2.75, 3.05) is 33.5 Å². The highest BCUT2D eigenvalue weighted by Gasteiger charge is 2.29. The Bertz CT molecular complexity index is 1020. The Morgan fingerprint density at radius 3 is 3.00 bits per heavy atom. The first kappa shape index (κ1) is 18.2. The molecule has 1 aromatic heterocycles. The van der Waals surface area contributed by atoms with Crippen molar-refractivity contribution < 1.29 is 14.3 Å². The molecule has 1 unspecified atom stereocenters. The third-order valence-corrected chi connectivity index (χ3v) is 5.99. The van der Waals surface area contributed by atoms with Gasteiger partial charge in [-0.3, -0.25) is 9.59 Å². The summed E-state index contributed by atoms with van der Waals surface area (Å²) in [6.07, 6.45) is 2.58. The van der Waals surface area contributed by atoms with E-state index >= 15 is 0 Å². The predicted octanol–water partition coefficient (Wildman–Crippen LogP) is 1.51. The number of carbonyl (C=O) groups is 1. The number of aromatic amines is 1. The standard InChI is InChI=1S/C21H24N4O4/c1-24-8-6-16-15(11-24)20(26)23-19(22-16)14-3-2-7-25(10-14)21(27)13-4-5-17-18(9-13)29-12-28-17/h4-5,9,14H,2-3,6-8,10-12H2,1H3,(H,22,23,26). The number of piperidine rings is 1. The molecule has 1 saturated heterocycles. The molecule has 8 nitrogen and oxygen atoms in total. The lowest BCUT2D eigenvalue weighted by Gasteiger charge is -2.33. The second-order valence-electron chi connectivity index (χ2n) is 8.02. The number of likely N-dealkylation sites (N-methyl/N-ethyl adjacent to an activating group) is 1. The van der Waals surface area contributed by atoms with Crippen LogP contribution in [-0.4, -0.2) is 59.1 Å². The summed E-state index contributed by atoms with van der Waals surface area (Å²) in [6.45, 7) is 2.98. The van der Waals surface area contributed by atoms with Crippen LogP contribution in [0.4, 0.5) is 0 Å². The molecule has 3 aliphatic rings.